The molecule has 0 aliphatic heterocycles. The van der Waals surface area contributed by atoms with Gasteiger partial charge in [-0.1, -0.05) is 11.6 Å². The van der Waals surface area contributed by atoms with Crippen molar-refractivity contribution < 1.29 is 13.9 Å². The number of hydrogen-bond donors (Lipinski definition) is 1. The summed E-state index contributed by atoms with van der Waals surface area (Å²) < 4.78 is 18.6. The number of nitrogens with one attached hydrogen (secondary N) is 1. The molecule has 0 atom stereocenters. The largest absolute Gasteiger partial charge is 0.461 e. The fourth-order valence-corrected chi connectivity index (χ4v) is 2.13. The summed E-state index contributed by atoms with van der Waals surface area (Å²) in [5.41, 5.74) is 0.709. The normalized spacial score (nSPS) is 10.5. The Kier molecular flexibility index (Phi) is 4.16. The number of aromatic nitrogens is 3. The molecule has 0 bridgehead atoms. The molecule has 0 unspecified atom stereocenters. The van der Waals surface area contributed by atoms with Crippen molar-refractivity contribution in [2.75, 3.05) is 6.61 Å². The average molecular weight is 349 g/mol. The third-order valence-corrected chi connectivity index (χ3v) is 3.23. The van der Waals surface area contributed by atoms with Crippen LogP contribution < -0.4 is 0 Å². The molecule has 0 aliphatic rings. The highest BCUT2D eigenvalue weighted by molar-refractivity contribution is 9.10. The van der Waals surface area contributed by atoms with Crippen molar-refractivity contribution in [2.45, 2.75) is 6.92 Å². The number of rotatable bonds is 3. The Morgan fingerprint density at radius 2 is 2.26 bits per heavy atom. The van der Waals surface area contributed by atoms with Crippen molar-refractivity contribution >= 4 is 33.5 Å². The van der Waals surface area contributed by atoms with Crippen molar-refractivity contribution in [3.8, 4) is 11.3 Å². The van der Waals surface area contributed by atoms with Gasteiger partial charge in [0.2, 0.25) is 0 Å². The van der Waals surface area contributed by atoms with E-state index in [0.717, 1.165) is 0 Å². The highest BCUT2D eigenvalue weighted by Crippen LogP contribution is 2.32. The molecule has 2 rings (SSSR count). The number of benzene rings is 1. The van der Waals surface area contributed by atoms with Crippen LogP contribution in [0.2, 0.25) is 5.02 Å². The molecule has 0 saturated carbocycles. The second-order valence-electron chi connectivity index (χ2n) is 3.49. The van der Waals surface area contributed by atoms with Gasteiger partial charge in [-0.05, 0) is 35.0 Å². The molecule has 8 heteroatoms. The Hall–Kier alpha value is -1.47. The maximum Gasteiger partial charge on any atom is 0.361 e. The minimum Gasteiger partial charge on any atom is -0.461 e. The van der Waals surface area contributed by atoms with Crippen LogP contribution in [-0.4, -0.2) is 28.0 Å². The standard InChI is InChI=1S/C11H8BrClFN3O2/c1-2-19-11(18)10-9(15-17-16-10)5-3-7(13)8(14)4-6(5)12/h3-4H,2H2,1H3,(H,15,16,17). The van der Waals surface area contributed by atoms with Gasteiger partial charge in [0, 0.05) is 10.0 Å². The first kappa shape index (κ1) is 14.0. The molecule has 0 amide bonds. The molecule has 2 aromatic rings. The minimum atomic E-state index is -0.612. The second kappa shape index (κ2) is 5.66. The first-order valence-electron chi connectivity index (χ1n) is 5.27. The molecule has 1 aromatic heterocycles. The van der Waals surface area contributed by atoms with Crippen LogP contribution in [0, 0.1) is 5.82 Å². The minimum absolute atomic E-state index is 0.0187. The zero-order valence-electron chi connectivity index (χ0n) is 9.71. The van der Waals surface area contributed by atoms with Gasteiger partial charge in [0.05, 0.1) is 11.6 Å². The molecule has 19 heavy (non-hydrogen) atoms. The summed E-state index contributed by atoms with van der Waals surface area (Å²) in [5.74, 6) is -1.18. The van der Waals surface area contributed by atoms with Crippen LogP contribution in [0.5, 0.6) is 0 Å². The van der Waals surface area contributed by atoms with Crippen molar-refractivity contribution in [2.24, 2.45) is 0 Å². The summed E-state index contributed by atoms with van der Waals surface area (Å²) in [6.07, 6.45) is 0. The molecule has 1 heterocycles. The van der Waals surface area contributed by atoms with E-state index in [0.29, 0.717) is 10.0 Å². The fraction of sp³-hybridized carbons (Fsp3) is 0.182. The van der Waals surface area contributed by atoms with Gasteiger partial charge >= 0.3 is 5.97 Å². The second-order valence-corrected chi connectivity index (χ2v) is 4.75. The van der Waals surface area contributed by atoms with Gasteiger partial charge in [-0.15, -0.1) is 5.10 Å². The number of nitrogens with zero attached hydrogens (tertiary/aromatic N) is 2. The van der Waals surface area contributed by atoms with Crippen LogP contribution in [0.15, 0.2) is 16.6 Å². The number of carbonyl (C=O) groups is 1. The number of carbonyl (C=O) groups excluding carboxylic acids is 1. The van der Waals surface area contributed by atoms with E-state index in [1.54, 1.807) is 6.92 Å². The molecule has 0 spiro atoms. The lowest BCUT2D eigenvalue weighted by Gasteiger charge is -2.05. The lowest BCUT2D eigenvalue weighted by atomic mass is 10.1. The van der Waals surface area contributed by atoms with E-state index in [9.17, 15) is 9.18 Å². The number of H-pyrrole nitrogens is 1. The highest BCUT2D eigenvalue weighted by atomic mass is 79.9. The third kappa shape index (κ3) is 2.76. The molecule has 0 aliphatic carbocycles. The van der Waals surface area contributed by atoms with Crippen LogP contribution in [0.1, 0.15) is 17.4 Å². The quantitative estimate of drug-likeness (QED) is 0.683. The molecule has 100 valence electrons. The van der Waals surface area contributed by atoms with Crippen LogP contribution in [-0.2, 0) is 4.74 Å². The number of hydrogen-bond acceptors (Lipinski definition) is 4. The van der Waals surface area contributed by atoms with E-state index >= 15 is 0 Å². The van der Waals surface area contributed by atoms with E-state index in [4.69, 9.17) is 16.3 Å². The van der Waals surface area contributed by atoms with Gasteiger partial charge in [-0.2, -0.15) is 10.3 Å². The number of ether oxygens (including phenoxy) is 1. The van der Waals surface area contributed by atoms with Gasteiger partial charge in [0.1, 0.15) is 11.5 Å². The monoisotopic (exact) mass is 347 g/mol. The summed E-state index contributed by atoms with van der Waals surface area (Å²) in [4.78, 5) is 11.7. The Balaban J connectivity index is 2.51. The summed E-state index contributed by atoms with van der Waals surface area (Å²) in [7, 11) is 0. The average Bonchev–Trinajstić information content (AvgIpc) is 2.83. The number of esters is 1. The van der Waals surface area contributed by atoms with Gasteiger partial charge in [-0.25, -0.2) is 9.18 Å². The Bertz CT molecular complexity index is 632. The van der Waals surface area contributed by atoms with Gasteiger partial charge < -0.3 is 4.74 Å². The number of aromatic amines is 1. The fourth-order valence-electron chi connectivity index (χ4n) is 1.46. The maximum atomic E-state index is 13.3. The third-order valence-electron chi connectivity index (χ3n) is 2.28. The molecule has 1 aromatic carbocycles. The SMILES string of the molecule is CCOC(=O)c1n[nH]nc1-c1cc(Cl)c(F)cc1Br. The summed E-state index contributed by atoms with van der Waals surface area (Å²) in [6, 6.07) is 2.56. The molecule has 1 N–H and O–H groups in total. The zero-order chi connectivity index (χ0) is 14.0. The smallest absolute Gasteiger partial charge is 0.361 e. The molecule has 5 nitrogen and oxygen atoms in total. The molecular formula is C11H8BrClFN3O2. The Morgan fingerprint density at radius 3 is 2.95 bits per heavy atom. The van der Waals surface area contributed by atoms with Gasteiger partial charge in [0.15, 0.2) is 5.69 Å². The van der Waals surface area contributed by atoms with E-state index < -0.39 is 11.8 Å². The van der Waals surface area contributed by atoms with Crippen LogP contribution >= 0.6 is 27.5 Å². The van der Waals surface area contributed by atoms with Gasteiger partial charge in [-0.3, -0.25) is 0 Å². The van der Waals surface area contributed by atoms with Crippen LogP contribution in [0.3, 0.4) is 0 Å². The topological polar surface area (TPSA) is 67.9 Å². The van der Waals surface area contributed by atoms with Gasteiger partial charge in [0.25, 0.3) is 0 Å². The van der Waals surface area contributed by atoms with E-state index in [2.05, 4.69) is 31.3 Å². The Morgan fingerprint density at radius 1 is 1.53 bits per heavy atom. The van der Waals surface area contributed by atoms with E-state index in [1.807, 2.05) is 0 Å². The first-order chi connectivity index (χ1) is 9.04. The van der Waals surface area contributed by atoms with Crippen molar-refractivity contribution in [1.29, 1.82) is 0 Å². The molecular weight excluding hydrogens is 340 g/mol. The molecule has 0 saturated heterocycles. The van der Waals surface area contributed by atoms with E-state index in [-0.39, 0.29) is 23.0 Å². The van der Waals surface area contributed by atoms with Crippen LogP contribution in [0.25, 0.3) is 11.3 Å². The maximum absolute atomic E-state index is 13.3. The highest BCUT2D eigenvalue weighted by Gasteiger charge is 2.21. The first-order valence-corrected chi connectivity index (χ1v) is 6.44. The van der Waals surface area contributed by atoms with Crippen LogP contribution in [0.4, 0.5) is 4.39 Å². The summed E-state index contributed by atoms with van der Waals surface area (Å²) >= 11 is 8.92. The summed E-state index contributed by atoms with van der Waals surface area (Å²) in [5, 5.41) is 9.88. The lowest BCUT2D eigenvalue weighted by molar-refractivity contribution is 0.0520. The zero-order valence-corrected chi connectivity index (χ0v) is 12.0. The molecule has 0 radical (unpaired) electrons. The van der Waals surface area contributed by atoms with Crippen molar-refractivity contribution in [3.05, 3.63) is 33.1 Å². The predicted octanol–water partition coefficient (Wildman–Crippen LogP) is 3.20. The van der Waals surface area contributed by atoms with E-state index in [1.165, 1.54) is 12.1 Å². The molecule has 0 fully saturated rings. The van der Waals surface area contributed by atoms with Crippen molar-refractivity contribution in [1.82, 2.24) is 15.4 Å². The Labute approximate surface area is 121 Å². The number of halogens is 3. The predicted molar refractivity (Wildman–Crippen MR) is 70.4 cm³/mol. The summed E-state index contributed by atoms with van der Waals surface area (Å²) in [6.45, 7) is 1.90. The van der Waals surface area contributed by atoms with Crippen molar-refractivity contribution in [3.63, 3.8) is 0 Å². The lowest BCUT2D eigenvalue weighted by Crippen LogP contribution is -2.07.